The van der Waals surface area contributed by atoms with Gasteiger partial charge >= 0.3 is 8.56 Å². The molecule has 0 bridgehead atoms. The highest BCUT2D eigenvalue weighted by molar-refractivity contribution is 7.85. The monoisotopic (exact) mass is 228 g/mol. The smallest absolute Gasteiger partial charge is 0.334 e. The Labute approximate surface area is 80.0 Å². The van der Waals surface area contributed by atoms with Crippen LogP contribution in [0.5, 0.6) is 0 Å². The van der Waals surface area contributed by atoms with Gasteiger partial charge in [0.25, 0.3) is 10.1 Å². The molecule has 0 heterocycles. The zero-order chi connectivity index (χ0) is 10.5. The van der Waals surface area contributed by atoms with E-state index in [1.807, 2.05) is 6.55 Å². The topological polar surface area (TPSA) is 72.8 Å². The molecular formula is C6H16O5SSi. The van der Waals surface area contributed by atoms with Gasteiger partial charge in [-0.25, -0.2) is 0 Å². The number of rotatable bonds is 6. The maximum absolute atomic E-state index is 10.4. The van der Waals surface area contributed by atoms with Gasteiger partial charge in [0.2, 0.25) is 0 Å². The van der Waals surface area contributed by atoms with Crippen LogP contribution in [0.25, 0.3) is 0 Å². The van der Waals surface area contributed by atoms with Gasteiger partial charge in [-0.1, -0.05) is 0 Å². The Bertz CT molecular complexity index is 233. The van der Waals surface area contributed by atoms with Crippen LogP contribution in [0.2, 0.25) is 12.6 Å². The lowest BCUT2D eigenvalue weighted by Gasteiger charge is -2.22. The van der Waals surface area contributed by atoms with Crippen molar-refractivity contribution in [2.45, 2.75) is 19.0 Å². The average molecular weight is 228 g/mol. The lowest BCUT2D eigenvalue weighted by Crippen LogP contribution is -2.36. The van der Waals surface area contributed by atoms with Gasteiger partial charge in [0.05, 0.1) is 5.75 Å². The highest BCUT2D eigenvalue weighted by Gasteiger charge is 2.28. The third-order valence-electron chi connectivity index (χ3n) is 1.90. The van der Waals surface area contributed by atoms with Gasteiger partial charge in [0.15, 0.2) is 0 Å². The quantitative estimate of drug-likeness (QED) is 0.533. The van der Waals surface area contributed by atoms with Crippen molar-refractivity contribution in [2.75, 3.05) is 20.0 Å². The predicted octanol–water partition coefficient (Wildman–Crippen LogP) is 0.629. The fraction of sp³-hybridized carbons (Fsp3) is 1.00. The molecule has 0 aromatic carbocycles. The SMILES string of the molecule is CO[Si](C)(CCCS(=O)(=O)O)OC. The lowest BCUT2D eigenvalue weighted by molar-refractivity contribution is 0.249. The molecule has 0 unspecified atom stereocenters. The van der Waals surface area contributed by atoms with E-state index in [9.17, 15) is 8.42 Å². The molecule has 0 atom stereocenters. The fourth-order valence-corrected chi connectivity index (χ4v) is 3.02. The Balaban J connectivity index is 3.88. The van der Waals surface area contributed by atoms with E-state index in [4.69, 9.17) is 13.4 Å². The van der Waals surface area contributed by atoms with Crippen molar-refractivity contribution in [3.05, 3.63) is 0 Å². The van der Waals surface area contributed by atoms with Gasteiger partial charge in [0, 0.05) is 14.2 Å². The molecule has 0 rings (SSSR count). The summed E-state index contributed by atoms with van der Waals surface area (Å²) in [6.45, 7) is 1.84. The van der Waals surface area contributed by atoms with Gasteiger partial charge in [-0.2, -0.15) is 8.42 Å². The second-order valence-corrected chi connectivity index (χ2v) is 8.09. The van der Waals surface area contributed by atoms with Crippen LogP contribution >= 0.6 is 0 Å². The maximum atomic E-state index is 10.4. The van der Waals surface area contributed by atoms with Crippen molar-refractivity contribution in [1.82, 2.24) is 0 Å². The summed E-state index contributed by atoms with van der Waals surface area (Å²) in [5.41, 5.74) is 0. The van der Waals surface area contributed by atoms with E-state index in [1.54, 1.807) is 14.2 Å². The van der Waals surface area contributed by atoms with Crippen molar-refractivity contribution in [3.8, 4) is 0 Å². The van der Waals surface area contributed by atoms with Crippen LogP contribution in [0.4, 0.5) is 0 Å². The third kappa shape index (κ3) is 6.16. The van der Waals surface area contributed by atoms with Gasteiger partial charge < -0.3 is 8.85 Å². The van der Waals surface area contributed by atoms with Crippen LogP contribution in [0, 0.1) is 0 Å². The Morgan fingerprint density at radius 3 is 2.08 bits per heavy atom. The summed E-state index contributed by atoms with van der Waals surface area (Å²) in [7, 11) is -2.93. The van der Waals surface area contributed by atoms with Crippen LogP contribution in [0.3, 0.4) is 0 Å². The van der Waals surface area contributed by atoms with Gasteiger partial charge in [-0.05, 0) is 19.0 Å². The zero-order valence-corrected chi connectivity index (χ0v) is 9.93. The molecule has 0 spiro atoms. The van der Waals surface area contributed by atoms with Gasteiger partial charge in [-0.3, -0.25) is 4.55 Å². The Hall–Kier alpha value is 0.0469. The standard InChI is InChI=1S/C6H16O5SSi/c1-10-13(3,11-2)6-4-5-12(7,8)9/h4-6H2,1-3H3,(H,7,8,9). The fourth-order valence-electron chi connectivity index (χ4n) is 0.863. The highest BCUT2D eigenvalue weighted by Crippen LogP contribution is 2.13. The van der Waals surface area contributed by atoms with Crippen molar-refractivity contribution in [1.29, 1.82) is 0 Å². The first kappa shape index (κ1) is 13.0. The molecule has 1 N–H and O–H groups in total. The molecule has 0 aromatic rings. The van der Waals surface area contributed by atoms with Crippen LogP contribution in [0.15, 0.2) is 0 Å². The summed E-state index contributed by atoms with van der Waals surface area (Å²) >= 11 is 0. The Morgan fingerprint density at radius 1 is 1.31 bits per heavy atom. The predicted molar refractivity (Wildman–Crippen MR) is 51.5 cm³/mol. The second-order valence-electron chi connectivity index (χ2n) is 2.93. The molecule has 0 radical (unpaired) electrons. The van der Waals surface area contributed by atoms with Crippen LogP contribution < -0.4 is 0 Å². The van der Waals surface area contributed by atoms with Crippen LogP contribution in [-0.2, 0) is 19.0 Å². The molecule has 0 fully saturated rings. The van der Waals surface area contributed by atoms with Crippen molar-refractivity contribution < 1.29 is 21.8 Å². The van der Waals surface area contributed by atoms with Crippen molar-refractivity contribution >= 4 is 18.7 Å². The minimum atomic E-state index is -3.85. The molecule has 7 heteroatoms. The molecule has 13 heavy (non-hydrogen) atoms. The van der Waals surface area contributed by atoms with Gasteiger partial charge in [-0.15, -0.1) is 0 Å². The molecular weight excluding hydrogens is 212 g/mol. The van der Waals surface area contributed by atoms with Crippen LogP contribution in [-0.4, -0.2) is 41.5 Å². The molecule has 0 saturated heterocycles. The first-order valence-corrected chi connectivity index (χ1v) is 8.02. The molecule has 5 nitrogen and oxygen atoms in total. The highest BCUT2D eigenvalue weighted by atomic mass is 32.2. The van der Waals surface area contributed by atoms with E-state index >= 15 is 0 Å². The van der Waals surface area contributed by atoms with E-state index in [0.717, 1.165) is 0 Å². The lowest BCUT2D eigenvalue weighted by atomic mass is 10.6. The maximum Gasteiger partial charge on any atom is 0.334 e. The summed E-state index contributed by atoms with van der Waals surface area (Å²) in [5.74, 6) is -0.234. The molecule has 0 aliphatic rings. The van der Waals surface area contributed by atoms with E-state index in [0.29, 0.717) is 12.5 Å². The second kappa shape index (κ2) is 5.06. The number of hydrogen-bond acceptors (Lipinski definition) is 4. The minimum absolute atomic E-state index is 0.234. The summed E-state index contributed by atoms with van der Waals surface area (Å²) in [4.78, 5) is 0. The summed E-state index contributed by atoms with van der Waals surface area (Å²) in [5, 5.41) is 0. The Morgan fingerprint density at radius 2 is 1.77 bits per heavy atom. The molecule has 80 valence electrons. The molecule has 0 amide bonds. The van der Waals surface area contributed by atoms with E-state index in [-0.39, 0.29) is 5.75 Å². The summed E-state index contributed by atoms with van der Waals surface area (Å²) in [6, 6.07) is 0.555. The molecule has 0 aromatic heterocycles. The van der Waals surface area contributed by atoms with E-state index in [2.05, 4.69) is 0 Å². The normalized spacial score (nSPS) is 13.2. The largest absolute Gasteiger partial charge is 0.398 e. The van der Waals surface area contributed by atoms with E-state index < -0.39 is 18.7 Å². The number of hydrogen-bond donors (Lipinski definition) is 1. The third-order valence-corrected chi connectivity index (χ3v) is 5.69. The first-order chi connectivity index (χ1) is 5.83. The van der Waals surface area contributed by atoms with Crippen molar-refractivity contribution in [3.63, 3.8) is 0 Å². The minimum Gasteiger partial charge on any atom is -0.398 e. The van der Waals surface area contributed by atoms with Crippen LogP contribution in [0.1, 0.15) is 6.42 Å². The van der Waals surface area contributed by atoms with Gasteiger partial charge in [0.1, 0.15) is 0 Å². The molecule has 0 aliphatic heterocycles. The molecule has 0 saturated carbocycles. The summed E-state index contributed by atoms with van der Waals surface area (Å²) < 4.78 is 39.5. The summed E-state index contributed by atoms with van der Waals surface area (Å²) in [6.07, 6.45) is 0.364. The first-order valence-electron chi connectivity index (χ1n) is 3.88. The average Bonchev–Trinajstić information content (AvgIpc) is 2.02. The molecule has 0 aliphatic carbocycles. The Kier molecular flexibility index (Phi) is 5.08. The zero-order valence-electron chi connectivity index (χ0n) is 8.11. The van der Waals surface area contributed by atoms with Crippen molar-refractivity contribution in [2.24, 2.45) is 0 Å². The van der Waals surface area contributed by atoms with E-state index in [1.165, 1.54) is 0 Å².